The van der Waals surface area contributed by atoms with Gasteiger partial charge in [-0.2, -0.15) is 13.2 Å². The fourth-order valence-electron chi connectivity index (χ4n) is 3.98. The summed E-state index contributed by atoms with van der Waals surface area (Å²) in [5.74, 6) is -0.316. The third-order valence-corrected chi connectivity index (χ3v) is 6.15. The lowest BCUT2D eigenvalue weighted by atomic mass is 9.90. The molecule has 3 rings (SSSR count). The van der Waals surface area contributed by atoms with Crippen LogP contribution >= 0.6 is 11.6 Å². The molecule has 0 atom stereocenters. The first-order valence-electron chi connectivity index (χ1n) is 12.0. The van der Waals surface area contributed by atoms with Gasteiger partial charge in [0.25, 0.3) is 0 Å². The summed E-state index contributed by atoms with van der Waals surface area (Å²) in [5.41, 5.74) is 5.69. The summed E-state index contributed by atoms with van der Waals surface area (Å²) in [6.07, 6.45) is -2.79. The first kappa shape index (κ1) is 30.6. The number of rotatable bonds is 8. The van der Waals surface area contributed by atoms with Crippen molar-refractivity contribution in [3.8, 4) is 0 Å². The number of anilines is 1. The minimum Gasteiger partial charge on any atom is -0.359 e. The molecule has 0 unspecified atom stereocenters. The van der Waals surface area contributed by atoms with Crippen molar-refractivity contribution in [3.63, 3.8) is 0 Å². The normalized spacial score (nSPS) is 13.3. The topological polar surface area (TPSA) is 92.1 Å². The Kier molecular flexibility index (Phi) is 11.6. The second-order valence-corrected chi connectivity index (χ2v) is 9.29. The number of allylic oxidation sites excluding steroid dienone is 1. The van der Waals surface area contributed by atoms with Gasteiger partial charge in [-0.05, 0) is 80.4 Å². The number of halogens is 4. The van der Waals surface area contributed by atoms with Crippen LogP contribution in [0, 0.1) is 17.7 Å². The van der Waals surface area contributed by atoms with E-state index in [4.69, 9.17) is 22.4 Å². The average molecular weight is 548 g/mol. The van der Waals surface area contributed by atoms with Crippen molar-refractivity contribution in [2.24, 2.45) is 0 Å². The van der Waals surface area contributed by atoms with Crippen molar-refractivity contribution in [1.82, 2.24) is 10.2 Å². The predicted octanol–water partition coefficient (Wildman–Crippen LogP) is 7.70. The van der Waals surface area contributed by atoms with Gasteiger partial charge in [0.1, 0.15) is 5.84 Å². The van der Waals surface area contributed by atoms with Crippen LogP contribution in [0.4, 0.5) is 23.7 Å². The van der Waals surface area contributed by atoms with Gasteiger partial charge in [0.05, 0.1) is 6.42 Å². The Morgan fingerprint density at radius 1 is 1.13 bits per heavy atom. The zero-order valence-corrected chi connectivity index (χ0v) is 22.1. The van der Waals surface area contributed by atoms with E-state index in [0.29, 0.717) is 23.4 Å². The minimum atomic E-state index is -4.45. The Labute approximate surface area is 226 Å². The summed E-state index contributed by atoms with van der Waals surface area (Å²) >= 11 is 5.87. The van der Waals surface area contributed by atoms with Crippen molar-refractivity contribution in [1.29, 1.82) is 10.8 Å². The zero-order valence-electron chi connectivity index (χ0n) is 21.4. The van der Waals surface area contributed by atoms with Crippen LogP contribution in [0.5, 0.6) is 0 Å². The molecule has 1 aliphatic rings. The van der Waals surface area contributed by atoms with E-state index in [1.165, 1.54) is 24.3 Å². The molecule has 38 heavy (non-hydrogen) atoms. The SMILES string of the molecule is C=C1CCC(CCNC(=O)N(CCC(F)(F)F)C(=N)c2ccc(Cl)cc2)=C(Nc2cccc(C)c2)C1.C=N. The van der Waals surface area contributed by atoms with Crippen molar-refractivity contribution >= 4 is 35.9 Å². The Morgan fingerprint density at radius 2 is 1.82 bits per heavy atom. The number of hydrogen-bond donors (Lipinski definition) is 4. The van der Waals surface area contributed by atoms with Crippen LogP contribution in [0.15, 0.2) is 72.0 Å². The molecule has 0 fully saturated rings. The average Bonchev–Trinajstić information content (AvgIpc) is 2.86. The highest BCUT2D eigenvalue weighted by atomic mass is 35.5. The summed E-state index contributed by atoms with van der Waals surface area (Å²) in [6.45, 7) is 8.20. The summed E-state index contributed by atoms with van der Waals surface area (Å²) in [5, 5.41) is 20.4. The molecule has 0 heterocycles. The molecule has 2 aromatic carbocycles. The molecule has 0 saturated heterocycles. The van der Waals surface area contributed by atoms with E-state index in [-0.39, 0.29) is 12.4 Å². The van der Waals surface area contributed by atoms with E-state index in [2.05, 4.69) is 23.9 Å². The van der Waals surface area contributed by atoms with Crippen molar-refractivity contribution < 1.29 is 18.0 Å². The lowest BCUT2D eigenvalue weighted by Crippen LogP contribution is -2.45. The number of hydrogen-bond acceptors (Lipinski definition) is 4. The number of urea groups is 1. The second kappa shape index (κ2) is 14.4. The molecule has 0 saturated carbocycles. The molecule has 0 aromatic heterocycles. The fourth-order valence-corrected chi connectivity index (χ4v) is 4.11. The molecule has 1 aliphatic carbocycles. The highest BCUT2D eigenvalue weighted by Gasteiger charge is 2.30. The number of nitrogens with zero attached hydrogens (tertiary/aromatic N) is 1. The molecular formula is C28H33ClF3N5O. The third-order valence-electron chi connectivity index (χ3n) is 5.90. The lowest BCUT2D eigenvalue weighted by molar-refractivity contribution is -0.135. The Balaban J connectivity index is 0.00000247. The van der Waals surface area contributed by atoms with Crippen LogP contribution in [-0.4, -0.2) is 42.7 Å². The molecule has 204 valence electrons. The number of nitrogens with one attached hydrogen (secondary N) is 4. The second-order valence-electron chi connectivity index (χ2n) is 8.86. The maximum Gasteiger partial charge on any atom is 0.390 e. The number of carbonyl (C=O) groups is 1. The predicted molar refractivity (Wildman–Crippen MR) is 148 cm³/mol. The molecule has 10 heteroatoms. The number of carbonyl (C=O) groups excluding carboxylic acids is 1. The van der Waals surface area contributed by atoms with Gasteiger partial charge < -0.3 is 16.0 Å². The Morgan fingerprint density at radius 3 is 2.45 bits per heavy atom. The van der Waals surface area contributed by atoms with Crippen molar-refractivity contribution in [3.05, 3.63) is 88.1 Å². The van der Waals surface area contributed by atoms with Gasteiger partial charge in [-0.15, -0.1) is 0 Å². The minimum absolute atomic E-state index is 0.232. The van der Waals surface area contributed by atoms with Crippen molar-refractivity contribution in [2.45, 2.75) is 45.2 Å². The Bertz CT molecular complexity index is 1160. The van der Waals surface area contributed by atoms with Gasteiger partial charge in [0.15, 0.2) is 0 Å². The van der Waals surface area contributed by atoms with E-state index in [1.807, 2.05) is 31.2 Å². The smallest absolute Gasteiger partial charge is 0.359 e. The van der Waals surface area contributed by atoms with E-state index < -0.39 is 25.2 Å². The maximum atomic E-state index is 12.9. The van der Waals surface area contributed by atoms with E-state index >= 15 is 0 Å². The highest BCUT2D eigenvalue weighted by molar-refractivity contribution is 6.30. The van der Waals surface area contributed by atoms with E-state index in [9.17, 15) is 18.0 Å². The molecule has 0 radical (unpaired) electrons. The fraction of sp³-hybridized carbons (Fsp3) is 0.321. The molecule has 6 nitrogen and oxygen atoms in total. The van der Waals surface area contributed by atoms with Crippen molar-refractivity contribution in [2.75, 3.05) is 18.4 Å². The number of alkyl halides is 3. The zero-order chi connectivity index (χ0) is 28.3. The summed E-state index contributed by atoms with van der Waals surface area (Å²) in [6, 6.07) is 13.3. The van der Waals surface area contributed by atoms with Gasteiger partial charge in [-0.1, -0.05) is 35.9 Å². The molecule has 2 amide bonds. The molecule has 0 bridgehead atoms. The van der Waals surface area contributed by atoms with Gasteiger partial charge in [0, 0.05) is 41.5 Å². The number of benzene rings is 2. The van der Waals surface area contributed by atoms with E-state index in [1.54, 1.807) is 0 Å². The first-order chi connectivity index (χ1) is 18.0. The third kappa shape index (κ3) is 9.70. The van der Waals surface area contributed by atoms with Gasteiger partial charge in [0.2, 0.25) is 0 Å². The largest absolute Gasteiger partial charge is 0.390 e. The monoisotopic (exact) mass is 547 g/mol. The first-order valence-corrected chi connectivity index (χ1v) is 12.4. The number of amidine groups is 1. The van der Waals surface area contributed by atoms with Crippen LogP contribution in [0.2, 0.25) is 5.02 Å². The maximum absolute atomic E-state index is 12.9. The lowest BCUT2D eigenvalue weighted by Gasteiger charge is -2.26. The van der Waals surface area contributed by atoms with Gasteiger partial charge in [-0.25, -0.2) is 4.79 Å². The van der Waals surface area contributed by atoms with E-state index in [0.717, 1.165) is 45.8 Å². The van der Waals surface area contributed by atoms with Gasteiger partial charge >= 0.3 is 12.2 Å². The summed E-state index contributed by atoms with van der Waals surface area (Å²) < 4.78 is 38.7. The molecule has 0 aliphatic heterocycles. The summed E-state index contributed by atoms with van der Waals surface area (Å²) in [4.78, 5) is 13.7. The van der Waals surface area contributed by atoms with Crippen LogP contribution in [-0.2, 0) is 0 Å². The quantitative estimate of drug-likeness (QED) is 0.155. The number of aryl methyl sites for hydroxylation is 1. The van der Waals surface area contributed by atoms with Gasteiger partial charge in [-0.3, -0.25) is 10.3 Å². The van der Waals surface area contributed by atoms with Crippen LogP contribution in [0.3, 0.4) is 0 Å². The molecule has 2 aromatic rings. The summed E-state index contributed by atoms with van der Waals surface area (Å²) in [7, 11) is 0. The number of amides is 2. The molecule has 4 N–H and O–H groups in total. The van der Waals surface area contributed by atoms with Crippen LogP contribution in [0.25, 0.3) is 0 Å². The highest BCUT2D eigenvalue weighted by Crippen LogP contribution is 2.31. The standard InChI is InChI=1S/C27H30ClF3N4O.CH3N/c1-18-4-3-5-23(16-18)34-24-17-19(2)6-7-20(24)12-14-33-26(36)35(15-13-27(29,30)31)25(32)21-8-10-22(28)11-9-21;1-2/h3-5,8-11,16,32,34H,2,6-7,12-15,17H2,1H3,(H,33,36);2H,1H2. The van der Waals surface area contributed by atoms with Crippen LogP contribution in [0.1, 0.15) is 43.2 Å². The molecule has 0 spiro atoms. The Hall–Kier alpha value is -3.59. The molecular weight excluding hydrogens is 515 g/mol. The van der Waals surface area contributed by atoms with Crippen LogP contribution < -0.4 is 10.6 Å².